The molecule has 0 atom stereocenters. The van der Waals surface area contributed by atoms with Gasteiger partial charge in [0.05, 0.1) is 37.7 Å². The lowest BCUT2D eigenvalue weighted by atomic mass is 9.79. The first-order valence-corrected chi connectivity index (χ1v) is 8.74. The second-order valence-electron chi connectivity index (χ2n) is 6.82. The minimum absolute atomic E-state index is 0.0832. The van der Waals surface area contributed by atoms with Crippen LogP contribution in [0.4, 0.5) is 0 Å². The van der Waals surface area contributed by atoms with Gasteiger partial charge < -0.3 is 9.47 Å². The molecular weight excluding hydrogens is 328 g/mol. The van der Waals surface area contributed by atoms with E-state index in [9.17, 15) is 4.79 Å². The van der Waals surface area contributed by atoms with Gasteiger partial charge in [0.15, 0.2) is 0 Å². The highest BCUT2D eigenvalue weighted by molar-refractivity contribution is 5.71. The molecule has 3 rings (SSSR count). The minimum atomic E-state index is -0.306. The molecule has 0 radical (unpaired) electrons. The lowest BCUT2D eigenvalue weighted by Crippen LogP contribution is -2.26. The average Bonchev–Trinajstić information content (AvgIpc) is 2.61. The largest absolute Gasteiger partial charge is 0.493 e. The van der Waals surface area contributed by atoms with Crippen LogP contribution in [-0.4, -0.2) is 29.2 Å². The Kier molecular flexibility index (Phi) is 5.22. The van der Waals surface area contributed by atoms with Gasteiger partial charge in [-0.2, -0.15) is 0 Å². The molecule has 0 unspecified atom stereocenters. The van der Waals surface area contributed by atoms with Crippen LogP contribution in [0.5, 0.6) is 5.75 Å². The molecule has 0 saturated heterocycles. The lowest BCUT2D eigenvalue weighted by molar-refractivity contribution is -0.142. The molecule has 0 N–H and O–H groups in total. The van der Waals surface area contributed by atoms with Crippen molar-refractivity contribution in [3.8, 4) is 17.6 Å². The number of hydrogen-bond acceptors (Lipinski definition) is 5. The Balaban J connectivity index is 1.75. The highest BCUT2D eigenvalue weighted by Crippen LogP contribution is 2.38. The van der Waals surface area contributed by atoms with Gasteiger partial charge in [-0.15, -0.1) is 0 Å². The smallest absolute Gasteiger partial charge is 0.311 e. The van der Waals surface area contributed by atoms with Crippen molar-refractivity contribution in [3.05, 3.63) is 53.1 Å². The first-order valence-electron chi connectivity index (χ1n) is 8.74. The molecule has 0 fully saturated rings. The second-order valence-corrected chi connectivity index (χ2v) is 6.82. The number of aromatic nitrogens is 2. The van der Waals surface area contributed by atoms with Gasteiger partial charge in [-0.25, -0.2) is 4.98 Å². The van der Waals surface area contributed by atoms with E-state index in [1.165, 1.54) is 5.56 Å². The number of benzene rings is 1. The Labute approximate surface area is 153 Å². The molecular formula is C21H22N2O3. The molecule has 5 heteroatoms. The zero-order valence-electron chi connectivity index (χ0n) is 15.3. The van der Waals surface area contributed by atoms with Gasteiger partial charge >= 0.3 is 5.97 Å². The van der Waals surface area contributed by atoms with E-state index in [2.05, 4.69) is 41.7 Å². The van der Waals surface area contributed by atoms with Gasteiger partial charge in [0.1, 0.15) is 11.4 Å². The number of ether oxygens (including phenoxy) is 2. The van der Waals surface area contributed by atoms with Crippen molar-refractivity contribution < 1.29 is 14.3 Å². The van der Waals surface area contributed by atoms with Gasteiger partial charge in [0, 0.05) is 11.1 Å². The Morgan fingerprint density at radius 3 is 2.85 bits per heavy atom. The molecule has 1 aromatic heterocycles. The van der Waals surface area contributed by atoms with Crippen molar-refractivity contribution in [2.24, 2.45) is 0 Å². The second kappa shape index (κ2) is 7.57. The average molecular weight is 350 g/mol. The number of esters is 1. The van der Waals surface area contributed by atoms with E-state index < -0.39 is 0 Å². The van der Waals surface area contributed by atoms with Crippen molar-refractivity contribution in [2.75, 3.05) is 13.2 Å². The van der Waals surface area contributed by atoms with Crippen molar-refractivity contribution in [3.63, 3.8) is 0 Å². The Morgan fingerprint density at radius 2 is 2.12 bits per heavy atom. The Bertz CT molecular complexity index is 861. The maximum Gasteiger partial charge on any atom is 0.311 e. The van der Waals surface area contributed by atoms with E-state index in [1.54, 1.807) is 19.3 Å². The van der Waals surface area contributed by atoms with Crippen LogP contribution in [0.25, 0.3) is 0 Å². The molecule has 1 aliphatic heterocycles. The summed E-state index contributed by atoms with van der Waals surface area (Å²) in [6, 6.07) is 6.02. The first kappa shape index (κ1) is 17.9. The monoisotopic (exact) mass is 350 g/mol. The summed E-state index contributed by atoms with van der Waals surface area (Å²) in [5.74, 6) is 6.78. The number of nitrogens with zero attached hydrogens (tertiary/aromatic N) is 2. The van der Waals surface area contributed by atoms with Crippen LogP contribution in [-0.2, 0) is 21.4 Å². The highest BCUT2D eigenvalue weighted by atomic mass is 16.5. The number of carbonyl (C=O) groups is 1. The maximum absolute atomic E-state index is 11.4. The summed E-state index contributed by atoms with van der Waals surface area (Å²) in [6.45, 7) is 7.33. The van der Waals surface area contributed by atoms with E-state index in [0.29, 0.717) is 18.0 Å². The van der Waals surface area contributed by atoms with Crippen molar-refractivity contribution in [1.29, 1.82) is 0 Å². The van der Waals surface area contributed by atoms with Gasteiger partial charge in [0.2, 0.25) is 0 Å². The molecule has 5 nitrogen and oxygen atoms in total. The fraction of sp³-hybridized carbons (Fsp3) is 0.381. The number of carbonyl (C=O) groups excluding carboxylic acids is 1. The molecule has 0 amide bonds. The summed E-state index contributed by atoms with van der Waals surface area (Å²) in [6.07, 6.45) is 4.25. The highest BCUT2D eigenvalue weighted by Gasteiger charge is 2.28. The van der Waals surface area contributed by atoms with E-state index in [-0.39, 0.29) is 17.8 Å². The molecule has 0 bridgehead atoms. The van der Waals surface area contributed by atoms with E-state index in [0.717, 1.165) is 24.3 Å². The topological polar surface area (TPSA) is 61.3 Å². The summed E-state index contributed by atoms with van der Waals surface area (Å²) >= 11 is 0. The van der Waals surface area contributed by atoms with Crippen LogP contribution < -0.4 is 4.74 Å². The predicted octanol–water partition coefficient (Wildman–Crippen LogP) is 3.04. The Hall–Kier alpha value is -2.87. The van der Waals surface area contributed by atoms with Crippen LogP contribution in [0.1, 0.15) is 49.7 Å². The molecule has 1 aliphatic rings. The van der Waals surface area contributed by atoms with Crippen LogP contribution in [0.15, 0.2) is 30.6 Å². The fourth-order valence-corrected chi connectivity index (χ4v) is 2.82. The summed E-state index contributed by atoms with van der Waals surface area (Å²) in [5, 5.41) is 0. The zero-order chi connectivity index (χ0) is 18.6. The third-order valence-corrected chi connectivity index (χ3v) is 4.36. The van der Waals surface area contributed by atoms with Crippen LogP contribution in [0.3, 0.4) is 0 Å². The van der Waals surface area contributed by atoms with Crippen LogP contribution >= 0.6 is 0 Å². The summed E-state index contributed by atoms with van der Waals surface area (Å²) < 4.78 is 10.6. The van der Waals surface area contributed by atoms with E-state index in [4.69, 9.17) is 9.47 Å². The zero-order valence-corrected chi connectivity index (χ0v) is 15.3. The van der Waals surface area contributed by atoms with Gasteiger partial charge in [0.25, 0.3) is 0 Å². The molecule has 26 heavy (non-hydrogen) atoms. The molecule has 0 aliphatic carbocycles. The van der Waals surface area contributed by atoms with Crippen molar-refractivity contribution in [2.45, 2.75) is 39.0 Å². The van der Waals surface area contributed by atoms with Crippen LogP contribution in [0, 0.1) is 11.8 Å². The van der Waals surface area contributed by atoms with Gasteiger partial charge in [-0.3, -0.25) is 9.78 Å². The summed E-state index contributed by atoms with van der Waals surface area (Å²) in [5.41, 5.74) is 3.32. The van der Waals surface area contributed by atoms with E-state index >= 15 is 0 Å². The standard InChI is InChI=1S/C21H22N2O3/c1-4-25-20(24)12-17-14-22-16(13-23-17)7-5-15-6-8-19-18(11-15)21(2,3)9-10-26-19/h6,8,11,13-14H,4,9-10,12H2,1-3H3. The maximum atomic E-state index is 11.4. The fourth-order valence-electron chi connectivity index (χ4n) is 2.82. The SMILES string of the molecule is CCOC(=O)Cc1cnc(C#Cc2ccc3c(c2)C(C)(C)CCO3)cn1. The van der Waals surface area contributed by atoms with Gasteiger partial charge in [-0.05, 0) is 42.9 Å². The molecule has 0 spiro atoms. The number of fused-ring (bicyclic) bond motifs is 1. The number of hydrogen-bond donors (Lipinski definition) is 0. The summed E-state index contributed by atoms with van der Waals surface area (Å²) in [4.78, 5) is 19.9. The molecule has 1 aromatic carbocycles. The third-order valence-electron chi connectivity index (χ3n) is 4.36. The Morgan fingerprint density at radius 1 is 1.27 bits per heavy atom. The summed E-state index contributed by atoms with van der Waals surface area (Å²) in [7, 11) is 0. The number of rotatable bonds is 3. The molecule has 2 aromatic rings. The normalized spacial score (nSPS) is 14.4. The quantitative estimate of drug-likeness (QED) is 0.629. The first-order chi connectivity index (χ1) is 12.5. The van der Waals surface area contributed by atoms with E-state index in [1.807, 2.05) is 12.1 Å². The lowest BCUT2D eigenvalue weighted by Gasteiger charge is -2.32. The predicted molar refractivity (Wildman–Crippen MR) is 97.9 cm³/mol. The van der Waals surface area contributed by atoms with Crippen LogP contribution in [0.2, 0.25) is 0 Å². The molecule has 134 valence electrons. The van der Waals surface area contributed by atoms with Crippen molar-refractivity contribution >= 4 is 5.97 Å². The minimum Gasteiger partial charge on any atom is -0.493 e. The third kappa shape index (κ3) is 4.20. The van der Waals surface area contributed by atoms with Crippen molar-refractivity contribution in [1.82, 2.24) is 9.97 Å². The molecule has 2 heterocycles. The van der Waals surface area contributed by atoms with Gasteiger partial charge in [-0.1, -0.05) is 19.8 Å². The molecule has 0 saturated carbocycles.